The predicted octanol–water partition coefficient (Wildman–Crippen LogP) is 4.42. The van der Waals surface area contributed by atoms with E-state index in [1.54, 1.807) is 6.20 Å². The molecule has 0 fully saturated rings. The lowest BCUT2D eigenvalue weighted by Gasteiger charge is -2.32. The molecule has 0 bridgehead atoms. The Kier molecular flexibility index (Phi) is 7.48. The molecule has 1 amide bonds. The summed E-state index contributed by atoms with van der Waals surface area (Å²) >= 11 is 6.06. The molecule has 0 spiro atoms. The molecule has 0 aliphatic heterocycles. The van der Waals surface area contributed by atoms with Crippen LogP contribution in [0.3, 0.4) is 0 Å². The average molecular weight is 427 g/mol. The average Bonchev–Trinajstić information content (AvgIpc) is 2.98. The summed E-state index contributed by atoms with van der Waals surface area (Å²) < 4.78 is 19.0. The first-order valence-corrected chi connectivity index (χ1v) is 10.1. The number of hydrogen-bond acceptors (Lipinski definition) is 6. The number of carbonyl (C=O) groups excluding carboxylic acids is 1. The van der Waals surface area contributed by atoms with E-state index >= 15 is 0 Å². The number of hydrogen-bond donors (Lipinski definition) is 1. The Hall–Kier alpha value is -1.90. The standard InChI is InChI=1S/C20H31ClN4O4/c1-8-27-16(28-9-2)14-10-13-11-22-17(21)24-15(13)25(14)20(6,7)12-23-18(26)29-19(3,4)5/h10-11,16H,8-9,12H2,1-7H3,(H,23,26). The third kappa shape index (κ3) is 6.04. The van der Waals surface area contributed by atoms with Crippen molar-refractivity contribution in [1.82, 2.24) is 19.9 Å². The van der Waals surface area contributed by atoms with Gasteiger partial charge in [0.05, 0.1) is 11.2 Å². The third-order valence-corrected chi connectivity index (χ3v) is 4.27. The predicted molar refractivity (Wildman–Crippen MR) is 112 cm³/mol. The molecule has 2 rings (SSSR count). The summed E-state index contributed by atoms with van der Waals surface area (Å²) in [6.07, 6.45) is 0.595. The van der Waals surface area contributed by atoms with Crippen LogP contribution in [-0.4, -0.2) is 46.0 Å². The molecule has 0 aliphatic rings. The highest BCUT2D eigenvalue weighted by Crippen LogP contribution is 2.32. The molecule has 2 aromatic rings. The van der Waals surface area contributed by atoms with E-state index in [1.165, 1.54) is 0 Å². The molecule has 0 atom stereocenters. The van der Waals surface area contributed by atoms with Gasteiger partial charge < -0.3 is 24.1 Å². The van der Waals surface area contributed by atoms with Crippen LogP contribution in [0, 0.1) is 0 Å². The van der Waals surface area contributed by atoms with Crippen molar-refractivity contribution in [2.45, 2.75) is 65.9 Å². The minimum absolute atomic E-state index is 0.142. The maximum absolute atomic E-state index is 12.2. The topological polar surface area (TPSA) is 87.5 Å². The fourth-order valence-electron chi connectivity index (χ4n) is 3.00. The molecule has 2 heterocycles. The number of amides is 1. The molecule has 0 saturated heterocycles. The molecule has 0 saturated carbocycles. The quantitative estimate of drug-likeness (QED) is 0.496. The number of fused-ring (bicyclic) bond motifs is 1. The Morgan fingerprint density at radius 1 is 1.21 bits per heavy atom. The second-order valence-electron chi connectivity index (χ2n) is 8.23. The lowest BCUT2D eigenvalue weighted by atomic mass is 10.0. The van der Waals surface area contributed by atoms with E-state index in [0.717, 1.165) is 11.1 Å². The molecule has 0 unspecified atom stereocenters. The maximum Gasteiger partial charge on any atom is 0.407 e. The molecule has 2 aromatic heterocycles. The molecular formula is C20H31ClN4O4. The van der Waals surface area contributed by atoms with Gasteiger partial charge in [0.15, 0.2) is 6.29 Å². The first-order valence-electron chi connectivity index (χ1n) is 9.73. The number of nitrogens with zero attached hydrogens (tertiary/aromatic N) is 3. The highest BCUT2D eigenvalue weighted by Gasteiger charge is 2.31. The summed E-state index contributed by atoms with van der Waals surface area (Å²) in [6.45, 7) is 14.5. The molecule has 8 nitrogen and oxygen atoms in total. The minimum Gasteiger partial charge on any atom is -0.444 e. The monoisotopic (exact) mass is 426 g/mol. The van der Waals surface area contributed by atoms with Crippen molar-refractivity contribution in [3.8, 4) is 0 Å². The minimum atomic E-state index is -0.585. The zero-order valence-electron chi connectivity index (χ0n) is 18.2. The zero-order valence-corrected chi connectivity index (χ0v) is 19.0. The summed E-state index contributed by atoms with van der Waals surface area (Å²) in [6, 6.07) is 1.93. The molecule has 0 aromatic carbocycles. The molecule has 9 heteroatoms. The number of alkyl carbamates (subject to hydrolysis) is 1. The van der Waals surface area contributed by atoms with Gasteiger partial charge in [-0.05, 0) is 66.1 Å². The second kappa shape index (κ2) is 9.28. The van der Waals surface area contributed by atoms with Gasteiger partial charge in [0.2, 0.25) is 5.28 Å². The zero-order chi connectivity index (χ0) is 21.8. The van der Waals surface area contributed by atoms with Crippen molar-refractivity contribution in [3.63, 3.8) is 0 Å². The summed E-state index contributed by atoms with van der Waals surface area (Å²) in [4.78, 5) is 20.7. The van der Waals surface area contributed by atoms with E-state index in [2.05, 4.69) is 15.3 Å². The van der Waals surface area contributed by atoms with Crippen LogP contribution in [-0.2, 0) is 19.7 Å². The van der Waals surface area contributed by atoms with Crippen LogP contribution in [0.15, 0.2) is 12.3 Å². The Labute approximate surface area is 176 Å². The van der Waals surface area contributed by atoms with Crippen LogP contribution in [0.4, 0.5) is 4.79 Å². The summed E-state index contributed by atoms with van der Waals surface area (Å²) in [5.41, 5.74) is 0.254. The number of aromatic nitrogens is 3. The lowest BCUT2D eigenvalue weighted by Crippen LogP contribution is -2.43. The summed E-state index contributed by atoms with van der Waals surface area (Å²) in [7, 11) is 0. The van der Waals surface area contributed by atoms with Crippen molar-refractivity contribution in [2.75, 3.05) is 19.8 Å². The van der Waals surface area contributed by atoms with Gasteiger partial charge in [-0.2, -0.15) is 4.98 Å². The van der Waals surface area contributed by atoms with E-state index in [4.69, 9.17) is 25.8 Å². The van der Waals surface area contributed by atoms with Crippen LogP contribution in [0.2, 0.25) is 5.28 Å². The first-order chi connectivity index (χ1) is 13.5. The van der Waals surface area contributed by atoms with Crippen LogP contribution in [0.5, 0.6) is 0 Å². The number of carbonyl (C=O) groups is 1. The fourth-order valence-corrected chi connectivity index (χ4v) is 3.13. The Bertz CT molecular complexity index is 839. The second-order valence-corrected chi connectivity index (χ2v) is 8.57. The number of halogens is 1. The number of rotatable bonds is 8. The van der Waals surface area contributed by atoms with Crippen molar-refractivity contribution >= 4 is 28.7 Å². The largest absolute Gasteiger partial charge is 0.444 e. The van der Waals surface area contributed by atoms with Gasteiger partial charge in [-0.1, -0.05) is 0 Å². The Balaban J connectivity index is 2.45. The molecule has 162 valence electrons. The van der Waals surface area contributed by atoms with Crippen LogP contribution in [0.1, 0.15) is 60.5 Å². The van der Waals surface area contributed by atoms with E-state index in [0.29, 0.717) is 25.4 Å². The smallest absolute Gasteiger partial charge is 0.407 e. The number of nitrogens with one attached hydrogen (secondary N) is 1. The van der Waals surface area contributed by atoms with E-state index in [1.807, 2.05) is 59.1 Å². The van der Waals surface area contributed by atoms with Crippen molar-refractivity contribution in [3.05, 3.63) is 23.2 Å². The molecule has 1 N–H and O–H groups in total. The van der Waals surface area contributed by atoms with Gasteiger partial charge in [-0.15, -0.1) is 0 Å². The van der Waals surface area contributed by atoms with Crippen LogP contribution >= 0.6 is 11.6 Å². The van der Waals surface area contributed by atoms with Crippen molar-refractivity contribution in [1.29, 1.82) is 0 Å². The van der Waals surface area contributed by atoms with E-state index in [-0.39, 0.29) is 5.28 Å². The van der Waals surface area contributed by atoms with Crippen molar-refractivity contribution in [2.24, 2.45) is 0 Å². The Morgan fingerprint density at radius 2 is 1.83 bits per heavy atom. The molecule has 29 heavy (non-hydrogen) atoms. The van der Waals surface area contributed by atoms with Gasteiger partial charge in [0, 0.05) is 31.3 Å². The van der Waals surface area contributed by atoms with E-state index in [9.17, 15) is 4.79 Å². The highest BCUT2D eigenvalue weighted by molar-refractivity contribution is 6.28. The van der Waals surface area contributed by atoms with Crippen LogP contribution < -0.4 is 5.32 Å². The number of ether oxygens (including phenoxy) is 3. The molecule has 0 radical (unpaired) electrons. The fraction of sp³-hybridized carbons (Fsp3) is 0.650. The van der Waals surface area contributed by atoms with Gasteiger partial charge >= 0.3 is 6.09 Å². The lowest BCUT2D eigenvalue weighted by molar-refractivity contribution is -0.145. The van der Waals surface area contributed by atoms with Gasteiger partial charge in [0.25, 0.3) is 0 Å². The Morgan fingerprint density at radius 3 is 2.38 bits per heavy atom. The van der Waals surface area contributed by atoms with Gasteiger partial charge in [-0.25, -0.2) is 9.78 Å². The summed E-state index contributed by atoms with van der Waals surface area (Å²) in [5.74, 6) is 0. The van der Waals surface area contributed by atoms with Gasteiger partial charge in [-0.3, -0.25) is 0 Å². The van der Waals surface area contributed by atoms with Crippen molar-refractivity contribution < 1.29 is 19.0 Å². The highest BCUT2D eigenvalue weighted by atomic mass is 35.5. The third-order valence-electron chi connectivity index (χ3n) is 4.09. The molecular weight excluding hydrogens is 396 g/mol. The SMILES string of the molecule is CCOC(OCC)c1cc2cnc(Cl)nc2n1C(C)(C)CNC(=O)OC(C)(C)C. The summed E-state index contributed by atoms with van der Waals surface area (Å²) in [5, 5.41) is 3.78. The maximum atomic E-state index is 12.2. The van der Waals surface area contributed by atoms with Gasteiger partial charge in [0.1, 0.15) is 11.2 Å². The normalized spacial score (nSPS) is 12.6. The first kappa shape index (κ1) is 23.4. The van der Waals surface area contributed by atoms with Crippen LogP contribution in [0.25, 0.3) is 11.0 Å². The molecule has 0 aliphatic carbocycles. The van der Waals surface area contributed by atoms with E-state index < -0.39 is 23.5 Å².